The molecule has 7 nitrogen and oxygen atoms in total. The summed E-state index contributed by atoms with van der Waals surface area (Å²) in [7, 11) is 1.67. The van der Waals surface area contributed by atoms with Crippen LogP contribution in [-0.2, 0) is 16.1 Å². The molecule has 172 valence electrons. The molecular formula is C24H25ClN4O3S. The van der Waals surface area contributed by atoms with Gasteiger partial charge in [-0.15, -0.1) is 10.2 Å². The van der Waals surface area contributed by atoms with Crippen LogP contribution in [0.4, 0.5) is 5.69 Å². The second-order valence-electron chi connectivity index (χ2n) is 7.69. The monoisotopic (exact) mass is 484 g/mol. The second-order valence-corrected chi connectivity index (χ2v) is 9.04. The van der Waals surface area contributed by atoms with Gasteiger partial charge in [-0.25, -0.2) is 0 Å². The Kier molecular flexibility index (Phi) is 7.80. The smallest absolute Gasteiger partial charge is 0.227 e. The Balaban J connectivity index is 1.47. The summed E-state index contributed by atoms with van der Waals surface area (Å²) in [4.78, 5) is 26.5. The van der Waals surface area contributed by atoms with Crippen molar-refractivity contribution in [2.24, 2.45) is 0 Å². The molecule has 0 radical (unpaired) electrons. The predicted molar refractivity (Wildman–Crippen MR) is 130 cm³/mol. The summed E-state index contributed by atoms with van der Waals surface area (Å²) in [5, 5.41) is 9.95. The highest BCUT2D eigenvalue weighted by Crippen LogP contribution is 2.30. The van der Waals surface area contributed by atoms with E-state index in [1.807, 2.05) is 41.0 Å². The highest BCUT2D eigenvalue weighted by atomic mass is 35.5. The second kappa shape index (κ2) is 11.0. The molecule has 4 rings (SSSR count). The molecule has 1 aliphatic rings. The summed E-state index contributed by atoms with van der Waals surface area (Å²) in [6.07, 6.45) is 2.24. The van der Waals surface area contributed by atoms with Gasteiger partial charge in [0.05, 0.1) is 10.8 Å². The first-order chi connectivity index (χ1) is 16.1. The lowest BCUT2D eigenvalue weighted by atomic mass is 10.1. The minimum atomic E-state index is -0.00923. The van der Waals surface area contributed by atoms with Gasteiger partial charge in [-0.3, -0.25) is 9.59 Å². The molecular weight excluding hydrogens is 460 g/mol. The third-order valence-electron chi connectivity index (χ3n) is 5.47. The molecule has 2 aromatic carbocycles. The van der Waals surface area contributed by atoms with E-state index in [1.54, 1.807) is 24.1 Å². The topological polar surface area (TPSA) is 77.3 Å². The summed E-state index contributed by atoms with van der Waals surface area (Å²) in [6.45, 7) is 1.99. The van der Waals surface area contributed by atoms with Crippen molar-refractivity contribution in [3.8, 4) is 11.4 Å². The maximum Gasteiger partial charge on any atom is 0.227 e. The van der Waals surface area contributed by atoms with E-state index in [9.17, 15) is 9.59 Å². The average molecular weight is 485 g/mol. The lowest BCUT2D eigenvalue weighted by Gasteiger charge is -2.15. The van der Waals surface area contributed by atoms with E-state index in [2.05, 4.69) is 10.2 Å². The van der Waals surface area contributed by atoms with Crippen LogP contribution in [0.15, 0.2) is 53.7 Å². The number of methoxy groups -OCH3 is 1. The summed E-state index contributed by atoms with van der Waals surface area (Å²) >= 11 is 7.74. The molecule has 9 heteroatoms. The first kappa shape index (κ1) is 23.5. The highest BCUT2D eigenvalue weighted by Gasteiger charge is 2.22. The maximum atomic E-state index is 12.8. The third-order valence-corrected chi connectivity index (χ3v) is 6.76. The van der Waals surface area contributed by atoms with E-state index in [4.69, 9.17) is 16.3 Å². The number of aromatic nitrogens is 3. The molecule has 3 aromatic rings. The van der Waals surface area contributed by atoms with E-state index < -0.39 is 0 Å². The number of amides is 1. The van der Waals surface area contributed by atoms with Gasteiger partial charge in [-0.05, 0) is 49.2 Å². The van der Waals surface area contributed by atoms with Gasteiger partial charge < -0.3 is 14.2 Å². The molecule has 0 atom stereocenters. The Morgan fingerprint density at radius 3 is 2.64 bits per heavy atom. The lowest BCUT2D eigenvalue weighted by Crippen LogP contribution is -2.23. The number of hydrogen-bond donors (Lipinski definition) is 0. The van der Waals surface area contributed by atoms with Crippen molar-refractivity contribution in [1.29, 1.82) is 0 Å². The number of Topliss-reactive ketones (excluding diaryl/α,β-unsaturated/α-hetero) is 1. The average Bonchev–Trinajstić information content (AvgIpc) is 3.44. The van der Waals surface area contributed by atoms with Crippen molar-refractivity contribution in [3.05, 3.63) is 59.1 Å². The van der Waals surface area contributed by atoms with Gasteiger partial charge in [-0.1, -0.05) is 35.5 Å². The molecule has 1 fully saturated rings. The van der Waals surface area contributed by atoms with Crippen LogP contribution in [0.1, 0.15) is 29.6 Å². The van der Waals surface area contributed by atoms with Crippen LogP contribution in [0.25, 0.3) is 11.4 Å². The number of nitrogens with zero attached hydrogens (tertiary/aromatic N) is 4. The number of anilines is 1. The van der Waals surface area contributed by atoms with Gasteiger partial charge in [0, 0.05) is 50.0 Å². The Morgan fingerprint density at radius 2 is 1.94 bits per heavy atom. The zero-order valence-corrected chi connectivity index (χ0v) is 19.9. The minimum Gasteiger partial charge on any atom is -0.385 e. The van der Waals surface area contributed by atoms with Crippen molar-refractivity contribution in [2.45, 2.75) is 31.0 Å². The van der Waals surface area contributed by atoms with Crippen LogP contribution in [0.3, 0.4) is 0 Å². The largest absolute Gasteiger partial charge is 0.385 e. The van der Waals surface area contributed by atoms with Gasteiger partial charge in [0.25, 0.3) is 0 Å². The summed E-state index contributed by atoms with van der Waals surface area (Å²) in [6, 6.07) is 14.7. The Labute approximate surface area is 202 Å². The normalized spacial score (nSPS) is 13.6. The van der Waals surface area contributed by atoms with Crippen LogP contribution in [0.2, 0.25) is 5.02 Å². The number of halogens is 1. The number of carbonyl (C=O) groups excluding carboxylic acids is 2. The SMILES string of the molecule is COCCCn1c(SCC(=O)c2ccc(N3CCCC3=O)cc2)nnc1-c1ccccc1Cl. The molecule has 1 aromatic heterocycles. The van der Waals surface area contributed by atoms with Gasteiger partial charge in [0.2, 0.25) is 5.91 Å². The molecule has 0 N–H and O–H groups in total. The van der Waals surface area contributed by atoms with Crippen molar-refractivity contribution in [1.82, 2.24) is 14.8 Å². The van der Waals surface area contributed by atoms with Crippen LogP contribution in [0.5, 0.6) is 0 Å². The fourth-order valence-corrected chi connectivity index (χ4v) is 4.85. The van der Waals surface area contributed by atoms with Gasteiger partial charge in [0.1, 0.15) is 0 Å². The number of hydrogen-bond acceptors (Lipinski definition) is 6. The van der Waals surface area contributed by atoms with E-state index >= 15 is 0 Å². The molecule has 0 aliphatic carbocycles. The first-order valence-electron chi connectivity index (χ1n) is 10.8. The molecule has 1 saturated heterocycles. The summed E-state index contributed by atoms with van der Waals surface area (Å²) < 4.78 is 7.18. The summed E-state index contributed by atoms with van der Waals surface area (Å²) in [5.41, 5.74) is 2.24. The maximum absolute atomic E-state index is 12.8. The van der Waals surface area contributed by atoms with Crippen molar-refractivity contribution in [3.63, 3.8) is 0 Å². The Bertz CT molecular complexity index is 1130. The molecule has 2 heterocycles. The zero-order chi connectivity index (χ0) is 23.2. The van der Waals surface area contributed by atoms with Crippen LogP contribution >= 0.6 is 23.4 Å². The zero-order valence-electron chi connectivity index (χ0n) is 18.4. The number of ether oxygens (including phenoxy) is 1. The predicted octanol–water partition coefficient (Wildman–Crippen LogP) is 4.74. The molecule has 0 saturated carbocycles. The van der Waals surface area contributed by atoms with Crippen LogP contribution in [0, 0.1) is 0 Å². The summed E-state index contributed by atoms with van der Waals surface area (Å²) in [5.74, 6) is 1.02. The number of rotatable bonds is 10. The number of carbonyl (C=O) groups is 2. The molecule has 1 aliphatic heterocycles. The van der Waals surface area contributed by atoms with Gasteiger partial charge in [-0.2, -0.15) is 0 Å². The fourth-order valence-electron chi connectivity index (χ4n) is 3.77. The Morgan fingerprint density at radius 1 is 1.15 bits per heavy atom. The molecule has 0 unspecified atom stereocenters. The molecule has 0 bridgehead atoms. The van der Waals surface area contributed by atoms with E-state index in [-0.39, 0.29) is 17.4 Å². The van der Waals surface area contributed by atoms with E-state index in [0.29, 0.717) is 41.1 Å². The number of thioether (sulfide) groups is 1. The van der Waals surface area contributed by atoms with Crippen LogP contribution < -0.4 is 4.90 Å². The third kappa shape index (κ3) is 5.46. The lowest BCUT2D eigenvalue weighted by molar-refractivity contribution is -0.117. The number of ketones is 1. The number of benzene rings is 2. The van der Waals surface area contributed by atoms with Crippen LogP contribution in [-0.4, -0.2) is 52.5 Å². The van der Waals surface area contributed by atoms with Crippen molar-refractivity contribution < 1.29 is 14.3 Å². The molecule has 0 spiro atoms. The van der Waals surface area contributed by atoms with E-state index in [1.165, 1.54) is 11.8 Å². The fraction of sp³-hybridized carbons (Fsp3) is 0.333. The highest BCUT2D eigenvalue weighted by molar-refractivity contribution is 7.99. The quantitative estimate of drug-likeness (QED) is 0.235. The molecule has 33 heavy (non-hydrogen) atoms. The molecule has 1 amide bonds. The van der Waals surface area contributed by atoms with Gasteiger partial charge in [0.15, 0.2) is 16.8 Å². The standard InChI is InChI=1S/C24H25ClN4O3S/c1-32-15-5-14-29-23(19-6-2-3-7-20(19)25)26-27-24(29)33-16-21(30)17-9-11-18(12-10-17)28-13-4-8-22(28)31/h2-3,6-7,9-12H,4-5,8,13-16H2,1H3. The van der Waals surface area contributed by atoms with Crippen molar-refractivity contribution in [2.75, 3.05) is 30.9 Å². The van der Waals surface area contributed by atoms with E-state index in [0.717, 1.165) is 30.6 Å². The van der Waals surface area contributed by atoms with Crippen molar-refractivity contribution >= 4 is 40.7 Å². The minimum absolute atomic E-state index is 0.00923. The van der Waals surface area contributed by atoms with Gasteiger partial charge >= 0.3 is 0 Å². The Hall–Kier alpha value is -2.68. The first-order valence-corrected chi connectivity index (χ1v) is 12.2.